The number of thiophene rings is 1. The number of likely N-dealkylation sites (tertiary alicyclic amines) is 1. The summed E-state index contributed by atoms with van der Waals surface area (Å²) in [6, 6.07) is 7.31. The third-order valence-corrected chi connectivity index (χ3v) is 13.2. The van der Waals surface area contributed by atoms with E-state index in [1.807, 2.05) is 35.7 Å². The van der Waals surface area contributed by atoms with Gasteiger partial charge in [0, 0.05) is 28.3 Å². The molecule has 5 atom stereocenters. The van der Waals surface area contributed by atoms with Gasteiger partial charge in [-0.15, -0.1) is 17.9 Å². The zero-order valence-corrected chi connectivity index (χ0v) is 32.7. The van der Waals surface area contributed by atoms with Crippen molar-refractivity contribution in [3.05, 3.63) is 53.9 Å². The molecule has 4 aliphatic rings. The van der Waals surface area contributed by atoms with Gasteiger partial charge in [-0.25, -0.2) is 13.2 Å². The number of carbonyl (C=O) groups excluding carboxylic acids is 4. The highest BCUT2D eigenvalue weighted by Gasteiger charge is 2.62. The molecule has 292 valence electrons. The van der Waals surface area contributed by atoms with E-state index in [9.17, 15) is 27.6 Å². The van der Waals surface area contributed by atoms with E-state index in [0.29, 0.717) is 18.6 Å². The van der Waals surface area contributed by atoms with Gasteiger partial charge in [0.15, 0.2) is 0 Å². The van der Waals surface area contributed by atoms with E-state index in [1.54, 1.807) is 45.4 Å². The van der Waals surface area contributed by atoms with Gasteiger partial charge in [0.05, 0.1) is 25.1 Å². The van der Waals surface area contributed by atoms with Crippen molar-refractivity contribution in [3.8, 4) is 16.2 Å². The fourth-order valence-corrected chi connectivity index (χ4v) is 9.25. The molecule has 0 spiro atoms. The summed E-state index contributed by atoms with van der Waals surface area (Å²) in [5, 5.41) is 11.2. The molecular weight excluding hydrogens is 735 g/mol. The van der Waals surface area contributed by atoms with Gasteiger partial charge in [0.2, 0.25) is 21.8 Å². The van der Waals surface area contributed by atoms with E-state index in [1.165, 1.54) is 11.0 Å². The molecule has 4 fully saturated rings. The van der Waals surface area contributed by atoms with Crippen molar-refractivity contribution in [1.82, 2.24) is 20.3 Å². The number of oxime groups is 1. The number of ether oxygens (including phenoxy) is 2. The van der Waals surface area contributed by atoms with E-state index in [4.69, 9.17) is 14.3 Å². The van der Waals surface area contributed by atoms with Crippen molar-refractivity contribution in [2.45, 2.75) is 107 Å². The highest BCUT2D eigenvalue weighted by molar-refractivity contribution is 7.91. The molecule has 14 nitrogen and oxygen atoms in total. The smallest absolute Gasteiger partial charge is 0.408 e. The first kappa shape index (κ1) is 39.3. The Morgan fingerprint density at radius 1 is 1.09 bits per heavy atom. The molecule has 3 aliphatic carbocycles. The number of hydrogen-bond donors (Lipinski definition) is 3. The molecule has 1 saturated heterocycles. The second-order valence-corrected chi connectivity index (χ2v) is 18.5. The van der Waals surface area contributed by atoms with Crippen molar-refractivity contribution in [3.63, 3.8) is 0 Å². The molecular formula is C38H49N5O9S2. The number of benzene rings is 1. The number of methoxy groups -OCH3 is 1. The van der Waals surface area contributed by atoms with Crippen molar-refractivity contribution < 1.29 is 41.9 Å². The standard InChI is InChI=1S/C38H49N5O9S2/c1-6-24-20-38(24,35(46)42-54(48,49)28-14-15-28)41-33(44)30-19-27(52-39-21-23-18-26(50-5)13-16-29(23)31-12-9-17-53-31)22-43(30)34(45)32(37(2,3)4)40-36(47)51-25-10-7-8-11-25/h6,9,12-13,16-18,21,24-25,27-28,30,32H,1,7-8,10-11,14-15,19-20,22H2,2-5H3,(H,40,47)(H,41,44)(H,42,46)/b39-21+/t24-,27-,30+,32-,38+/m1/s1. The first-order valence-electron chi connectivity index (χ1n) is 18.3. The van der Waals surface area contributed by atoms with Crippen molar-refractivity contribution in [1.29, 1.82) is 0 Å². The lowest BCUT2D eigenvalue weighted by molar-refractivity contribution is -0.143. The topological polar surface area (TPSA) is 182 Å². The van der Waals surface area contributed by atoms with Crippen LogP contribution >= 0.6 is 11.3 Å². The predicted octanol–water partition coefficient (Wildman–Crippen LogP) is 4.50. The lowest BCUT2D eigenvalue weighted by Gasteiger charge is -2.35. The normalized spacial score (nSPS) is 24.8. The highest BCUT2D eigenvalue weighted by Crippen LogP contribution is 2.45. The first-order valence-corrected chi connectivity index (χ1v) is 20.8. The maximum Gasteiger partial charge on any atom is 0.408 e. The Balaban J connectivity index is 1.24. The first-order chi connectivity index (χ1) is 25.6. The Hall–Kier alpha value is -4.44. The fraction of sp³-hybridized carbons (Fsp3) is 0.553. The molecule has 0 radical (unpaired) electrons. The number of nitrogens with one attached hydrogen (secondary N) is 3. The van der Waals surface area contributed by atoms with Crippen LogP contribution in [0.4, 0.5) is 4.79 Å². The van der Waals surface area contributed by atoms with Gasteiger partial charge in [0.25, 0.3) is 5.91 Å². The van der Waals surface area contributed by atoms with Crippen LogP contribution in [0, 0.1) is 11.3 Å². The van der Waals surface area contributed by atoms with Gasteiger partial charge in [-0.05, 0) is 80.0 Å². The number of amides is 4. The monoisotopic (exact) mass is 783 g/mol. The van der Waals surface area contributed by atoms with Gasteiger partial charge in [0.1, 0.15) is 35.6 Å². The molecule has 6 rings (SSSR count). The van der Waals surface area contributed by atoms with Crippen LogP contribution in [0.2, 0.25) is 0 Å². The van der Waals surface area contributed by atoms with E-state index in [0.717, 1.165) is 41.7 Å². The number of nitrogens with zero attached hydrogens (tertiary/aromatic N) is 2. The number of alkyl carbamates (subject to hydrolysis) is 1. The van der Waals surface area contributed by atoms with Crippen molar-refractivity contribution in [2.24, 2.45) is 16.5 Å². The predicted molar refractivity (Wildman–Crippen MR) is 203 cm³/mol. The van der Waals surface area contributed by atoms with E-state index in [-0.39, 0.29) is 25.5 Å². The van der Waals surface area contributed by atoms with Gasteiger partial charge in [-0.1, -0.05) is 38.1 Å². The maximum absolute atomic E-state index is 14.5. The van der Waals surface area contributed by atoms with E-state index in [2.05, 4.69) is 27.1 Å². The molecule has 2 heterocycles. The molecule has 16 heteroatoms. The van der Waals surface area contributed by atoms with Gasteiger partial charge < -0.3 is 29.8 Å². The molecule has 2 aromatic rings. The number of sulfonamides is 1. The molecule has 1 aliphatic heterocycles. The molecule has 3 saturated carbocycles. The summed E-state index contributed by atoms with van der Waals surface area (Å²) >= 11 is 1.57. The lowest BCUT2D eigenvalue weighted by atomic mass is 9.85. The summed E-state index contributed by atoms with van der Waals surface area (Å²) in [4.78, 5) is 63.5. The summed E-state index contributed by atoms with van der Waals surface area (Å²) in [6.07, 6.45) is 5.84. The fourth-order valence-electron chi connectivity index (χ4n) is 7.11. The third kappa shape index (κ3) is 8.75. The maximum atomic E-state index is 14.5. The zero-order chi connectivity index (χ0) is 38.8. The van der Waals surface area contributed by atoms with Gasteiger partial charge in [-0.2, -0.15) is 0 Å². The minimum absolute atomic E-state index is 0.00498. The molecule has 54 heavy (non-hydrogen) atoms. The molecule has 0 bridgehead atoms. The minimum Gasteiger partial charge on any atom is -0.497 e. The zero-order valence-electron chi connectivity index (χ0n) is 31.0. The van der Waals surface area contributed by atoms with Crippen LogP contribution < -0.4 is 20.1 Å². The molecule has 1 aromatic carbocycles. The lowest BCUT2D eigenvalue weighted by Crippen LogP contribution is -2.60. The molecule has 4 amide bonds. The molecule has 1 aromatic heterocycles. The average molecular weight is 784 g/mol. The Bertz CT molecular complexity index is 1880. The summed E-state index contributed by atoms with van der Waals surface area (Å²) in [6.45, 7) is 9.11. The molecule has 0 unspecified atom stereocenters. The summed E-state index contributed by atoms with van der Waals surface area (Å²) in [5.74, 6) is -1.95. The molecule has 3 N–H and O–H groups in total. The van der Waals surface area contributed by atoms with Crippen molar-refractivity contribution >= 4 is 51.4 Å². The minimum atomic E-state index is -3.90. The summed E-state index contributed by atoms with van der Waals surface area (Å²) in [5.41, 5.74) is -0.704. The third-order valence-electron chi connectivity index (χ3n) is 10.5. The Morgan fingerprint density at radius 3 is 2.44 bits per heavy atom. The summed E-state index contributed by atoms with van der Waals surface area (Å²) < 4.78 is 38.6. The van der Waals surface area contributed by atoms with Crippen LogP contribution in [0.3, 0.4) is 0 Å². The largest absolute Gasteiger partial charge is 0.497 e. The Labute approximate surface area is 320 Å². The highest BCUT2D eigenvalue weighted by atomic mass is 32.2. The van der Waals surface area contributed by atoms with Crippen LogP contribution in [0.5, 0.6) is 5.75 Å². The Morgan fingerprint density at radius 2 is 1.83 bits per heavy atom. The van der Waals surface area contributed by atoms with Crippen LogP contribution in [0.25, 0.3) is 10.4 Å². The second-order valence-electron chi connectivity index (χ2n) is 15.6. The second kappa shape index (κ2) is 15.7. The number of hydrogen-bond acceptors (Lipinski definition) is 11. The number of carbonyl (C=O) groups is 4. The van der Waals surface area contributed by atoms with E-state index < -0.39 is 74.1 Å². The quantitative estimate of drug-likeness (QED) is 0.141. The van der Waals surface area contributed by atoms with Gasteiger partial charge >= 0.3 is 6.09 Å². The van der Waals surface area contributed by atoms with Crippen LogP contribution in [0.1, 0.15) is 77.7 Å². The average Bonchev–Trinajstić information content (AvgIpc) is 3.88. The van der Waals surface area contributed by atoms with Gasteiger partial charge in [-0.3, -0.25) is 19.1 Å². The van der Waals surface area contributed by atoms with Crippen LogP contribution in [0.15, 0.2) is 53.5 Å². The number of rotatable bonds is 14. The Kier molecular flexibility index (Phi) is 11.4. The van der Waals surface area contributed by atoms with Crippen molar-refractivity contribution in [2.75, 3.05) is 13.7 Å². The summed E-state index contributed by atoms with van der Waals surface area (Å²) in [7, 11) is -2.33. The van der Waals surface area contributed by atoms with Crippen LogP contribution in [-0.4, -0.2) is 92.1 Å². The van der Waals surface area contributed by atoms with E-state index >= 15 is 0 Å². The SMILES string of the molecule is C=C[C@@H]1C[C@@]1(NC(=O)[C@@H]1C[C@@H](O/N=C/c2cc(OC)ccc2-c2cccs2)CN1C(=O)[C@@H](NC(=O)OC1CCCC1)C(C)(C)C)C(=O)NS(=O)(=O)C1CC1. The van der Waals surface area contributed by atoms with Crippen LogP contribution in [-0.2, 0) is 34.0 Å².